The molecule has 1 aliphatic carbocycles. The standard InChI is InChI=1S/C19H19ClN2O5/c1-26-17(23)11-4-6-15(13(21)9-11)27-10-19(18(24)25)8-2-3-14-12(19)5-7-16(20)22-14/h4-7,9H,2-3,8,10,21H2,1H3,(H,24,25). The fourth-order valence-corrected chi connectivity index (χ4v) is 3.52. The highest BCUT2D eigenvalue weighted by Crippen LogP contribution is 2.39. The number of carboxylic acids is 1. The summed E-state index contributed by atoms with van der Waals surface area (Å²) in [4.78, 5) is 28.0. The van der Waals surface area contributed by atoms with E-state index in [9.17, 15) is 14.7 Å². The van der Waals surface area contributed by atoms with Gasteiger partial charge in [0.25, 0.3) is 0 Å². The molecule has 1 aromatic carbocycles. The van der Waals surface area contributed by atoms with E-state index in [2.05, 4.69) is 9.72 Å². The SMILES string of the molecule is COC(=O)c1ccc(OCC2(C(=O)O)CCCc3nc(Cl)ccc32)c(N)c1. The number of carbonyl (C=O) groups is 2. The van der Waals surface area contributed by atoms with E-state index in [-0.39, 0.29) is 17.9 Å². The van der Waals surface area contributed by atoms with E-state index in [0.717, 1.165) is 0 Å². The lowest BCUT2D eigenvalue weighted by molar-refractivity contribution is -0.146. The number of aliphatic carboxylic acids is 1. The molecule has 1 unspecified atom stereocenters. The number of nitrogens with two attached hydrogens (primary N) is 1. The van der Waals surface area contributed by atoms with Crippen molar-refractivity contribution in [3.8, 4) is 5.75 Å². The maximum atomic E-state index is 12.2. The van der Waals surface area contributed by atoms with Crippen molar-refractivity contribution in [1.29, 1.82) is 0 Å². The zero-order valence-electron chi connectivity index (χ0n) is 14.7. The van der Waals surface area contributed by atoms with Crippen LogP contribution in [0.5, 0.6) is 5.75 Å². The van der Waals surface area contributed by atoms with Crippen molar-refractivity contribution in [2.45, 2.75) is 24.7 Å². The number of nitrogen functional groups attached to an aromatic ring is 1. The Hall–Kier alpha value is -2.80. The van der Waals surface area contributed by atoms with E-state index in [0.29, 0.717) is 41.4 Å². The summed E-state index contributed by atoms with van der Waals surface area (Å²) < 4.78 is 10.4. The zero-order chi connectivity index (χ0) is 19.6. The predicted molar refractivity (Wildman–Crippen MR) is 99.2 cm³/mol. The van der Waals surface area contributed by atoms with Gasteiger partial charge in [0.2, 0.25) is 0 Å². The van der Waals surface area contributed by atoms with E-state index in [1.807, 2.05) is 0 Å². The molecule has 2 aromatic rings. The van der Waals surface area contributed by atoms with Gasteiger partial charge in [0.05, 0.1) is 18.4 Å². The Bertz CT molecular complexity index is 902. The molecule has 0 radical (unpaired) electrons. The quantitative estimate of drug-likeness (QED) is 0.458. The second-order valence-corrected chi connectivity index (χ2v) is 6.79. The van der Waals surface area contributed by atoms with Crippen molar-refractivity contribution < 1.29 is 24.2 Å². The molecule has 3 N–H and O–H groups in total. The highest BCUT2D eigenvalue weighted by molar-refractivity contribution is 6.29. The molecule has 0 saturated carbocycles. The van der Waals surface area contributed by atoms with Gasteiger partial charge in [-0.15, -0.1) is 0 Å². The lowest BCUT2D eigenvalue weighted by Gasteiger charge is -2.34. The molecule has 0 aliphatic heterocycles. The number of aromatic nitrogens is 1. The van der Waals surface area contributed by atoms with Crippen LogP contribution in [-0.2, 0) is 21.4 Å². The third-order valence-electron chi connectivity index (χ3n) is 4.79. The summed E-state index contributed by atoms with van der Waals surface area (Å²) in [7, 11) is 1.28. The topological polar surface area (TPSA) is 112 Å². The lowest BCUT2D eigenvalue weighted by atomic mass is 9.72. The van der Waals surface area contributed by atoms with Crippen molar-refractivity contribution >= 4 is 29.2 Å². The van der Waals surface area contributed by atoms with Gasteiger partial charge >= 0.3 is 11.9 Å². The molecular formula is C19H19ClN2O5. The Kier molecular flexibility index (Phi) is 5.23. The number of fused-ring (bicyclic) bond motifs is 1. The van der Waals surface area contributed by atoms with Crippen LogP contribution < -0.4 is 10.5 Å². The van der Waals surface area contributed by atoms with Crippen LogP contribution >= 0.6 is 11.6 Å². The summed E-state index contributed by atoms with van der Waals surface area (Å²) in [6, 6.07) is 7.76. The summed E-state index contributed by atoms with van der Waals surface area (Å²) >= 11 is 5.95. The number of hydrogen-bond donors (Lipinski definition) is 2. The van der Waals surface area contributed by atoms with Gasteiger partial charge in [-0.05, 0) is 49.1 Å². The number of ether oxygens (including phenoxy) is 2. The number of hydrogen-bond acceptors (Lipinski definition) is 6. The van der Waals surface area contributed by atoms with Crippen molar-refractivity contribution in [3.63, 3.8) is 0 Å². The molecule has 0 saturated heterocycles. The number of anilines is 1. The molecule has 8 heteroatoms. The average molecular weight is 391 g/mol. The number of esters is 1. The summed E-state index contributed by atoms with van der Waals surface area (Å²) in [5, 5.41) is 10.3. The summed E-state index contributed by atoms with van der Waals surface area (Å²) in [6.45, 7) is -0.111. The summed E-state index contributed by atoms with van der Waals surface area (Å²) in [5.74, 6) is -1.20. The summed E-state index contributed by atoms with van der Waals surface area (Å²) in [5.41, 5.74) is 6.51. The van der Waals surface area contributed by atoms with E-state index < -0.39 is 17.4 Å². The predicted octanol–water partition coefficient (Wildman–Crippen LogP) is 2.84. The fraction of sp³-hybridized carbons (Fsp3) is 0.316. The van der Waals surface area contributed by atoms with E-state index >= 15 is 0 Å². The smallest absolute Gasteiger partial charge is 0.337 e. The van der Waals surface area contributed by atoms with Crippen molar-refractivity contribution in [2.75, 3.05) is 19.5 Å². The summed E-state index contributed by atoms with van der Waals surface area (Å²) in [6.07, 6.45) is 1.74. The van der Waals surface area contributed by atoms with E-state index in [1.165, 1.54) is 25.3 Å². The number of benzene rings is 1. The Morgan fingerprint density at radius 2 is 2.11 bits per heavy atom. The normalized spacial score (nSPS) is 18.4. The van der Waals surface area contributed by atoms with Gasteiger partial charge in [0.15, 0.2) is 0 Å². The van der Waals surface area contributed by atoms with Gasteiger partial charge in [-0.25, -0.2) is 9.78 Å². The average Bonchev–Trinajstić information content (AvgIpc) is 2.65. The molecule has 142 valence electrons. The molecule has 1 atom stereocenters. The number of halogens is 1. The first kappa shape index (κ1) is 19.0. The number of carboxylic acid groups (broad SMARTS) is 1. The number of methoxy groups -OCH3 is 1. The van der Waals surface area contributed by atoms with Crippen LogP contribution in [0.4, 0.5) is 5.69 Å². The second kappa shape index (κ2) is 7.44. The molecule has 3 rings (SSSR count). The molecule has 0 fully saturated rings. The number of rotatable bonds is 5. The lowest BCUT2D eigenvalue weighted by Crippen LogP contribution is -2.44. The first-order valence-corrected chi connectivity index (χ1v) is 8.75. The van der Waals surface area contributed by atoms with Gasteiger partial charge in [-0.2, -0.15) is 0 Å². The Balaban J connectivity index is 1.90. The van der Waals surface area contributed by atoms with Crippen LogP contribution in [0.3, 0.4) is 0 Å². The highest BCUT2D eigenvalue weighted by Gasteiger charge is 2.45. The Labute approximate surface area is 161 Å². The third kappa shape index (κ3) is 3.55. The maximum absolute atomic E-state index is 12.2. The number of pyridine rings is 1. The molecule has 27 heavy (non-hydrogen) atoms. The van der Waals surface area contributed by atoms with Crippen molar-refractivity contribution in [2.24, 2.45) is 0 Å². The minimum atomic E-state index is -1.24. The van der Waals surface area contributed by atoms with Crippen molar-refractivity contribution in [1.82, 2.24) is 4.98 Å². The number of nitrogens with zero attached hydrogens (tertiary/aromatic N) is 1. The van der Waals surface area contributed by atoms with Gasteiger partial charge in [-0.1, -0.05) is 17.7 Å². The van der Waals surface area contributed by atoms with Crippen LogP contribution in [0.25, 0.3) is 0 Å². The third-order valence-corrected chi connectivity index (χ3v) is 5.00. The minimum absolute atomic E-state index is 0.111. The first-order chi connectivity index (χ1) is 12.9. The van der Waals surface area contributed by atoms with Crippen LogP contribution in [0.1, 0.15) is 34.5 Å². The van der Waals surface area contributed by atoms with Crippen LogP contribution in [0, 0.1) is 0 Å². The Morgan fingerprint density at radius 3 is 2.78 bits per heavy atom. The van der Waals surface area contributed by atoms with E-state index in [1.54, 1.807) is 12.1 Å². The maximum Gasteiger partial charge on any atom is 0.337 e. The molecule has 0 spiro atoms. The number of carbonyl (C=O) groups excluding carboxylic acids is 1. The molecule has 1 heterocycles. The monoisotopic (exact) mass is 390 g/mol. The fourth-order valence-electron chi connectivity index (χ4n) is 3.35. The Morgan fingerprint density at radius 1 is 1.33 bits per heavy atom. The molecule has 1 aliphatic rings. The van der Waals surface area contributed by atoms with Gasteiger partial charge in [0.1, 0.15) is 22.9 Å². The molecule has 0 bridgehead atoms. The number of aryl methyl sites for hydroxylation is 1. The molecule has 0 amide bonds. The first-order valence-electron chi connectivity index (χ1n) is 8.37. The van der Waals surface area contributed by atoms with Crippen LogP contribution in [0.15, 0.2) is 30.3 Å². The second-order valence-electron chi connectivity index (χ2n) is 6.40. The highest BCUT2D eigenvalue weighted by atomic mass is 35.5. The zero-order valence-corrected chi connectivity index (χ0v) is 15.5. The van der Waals surface area contributed by atoms with Gasteiger partial charge in [0, 0.05) is 5.69 Å². The minimum Gasteiger partial charge on any atom is -0.490 e. The van der Waals surface area contributed by atoms with Crippen molar-refractivity contribution in [3.05, 3.63) is 52.3 Å². The molecule has 1 aromatic heterocycles. The largest absolute Gasteiger partial charge is 0.490 e. The van der Waals surface area contributed by atoms with E-state index in [4.69, 9.17) is 22.1 Å². The van der Waals surface area contributed by atoms with Gasteiger partial charge in [-0.3, -0.25) is 4.79 Å². The molecule has 7 nitrogen and oxygen atoms in total. The molecular weight excluding hydrogens is 372 g/mol. The van der Waals surface area contributed by atoms with Gasteiger partial charge < -0.3 is 20.3 Å². The van der Waals surface area contributed by atoms with Crippen LogP contribution in [-0.4, -0.2) is 35.7 Å². The van der Waals surface area contributed by atoms with Crippen LogP contribution in [0.2, 0.25) is 5.15 Å².